The van der Waals surface area contributed by atoms with Gasteiger partial charge >= 0.3 is 5.97 Å². The number of nitrogens with zero attached hydrogens (tertiary/aromatic N) is 4. The van der Waals surface area contributed by atoms with Gasteiger partial charge in [0.15, 0.2) is 6.10 Å². The van der Waals surface area contributed by atoms with Crippen LogP contribution < -0.4 is 0 Å². The molecule has 0 bridgehead atoms. The van der Waals surface area contributed by atoms with E-state index in [0.29, 0.717) is 31.9 Å². The Labute approximate surface area is 146 Å². The fourth-order valence-corrected chi connectivity index (χ4v) is 3.35. The van der Waals surface area contributed by atoms with Gasteiger partial charge in [-0.2, -0.15) is 0 Å². The average Bonchev–Trinajstić information content (AvgIpc) is 3.05. The quantitative estimate of drug-likeness (QED) is 0.741. The van der Waals surface area contributed by atoms with Gasteiger partial charge in [0.25, 0.3) is 5.91 Å². The summed E-state index contributed by atoms with van der Waals surface area (Å²) in [6, 6.07) is 0. The molecule has 0 spiro atoms. The first kappa shape index (κ1) is 17.4. The second-order valence-electron chi connectivity index (χ2n) is 6.55. The summed E-state index contributed by atoms with van der Waals surface area (Å²) in [5, 5.41) is 0. The lowest BCUT2D eigenvalue weighted by molar-refractivity contribution is -0.144. The molecule has 1 aromatic rings. The van der Waals surface area contributed by atoms with Crippen molar-refractivity contribution in [2.24, 2.45) is 0 Å². The van der Waals surface area contributed by atoms with Crippen molar-refractivity contribution in [1.82, 2.24) is 19.4 Å². The van der Waals surface area contributed by atoms with Crippen molar-refractivity contribution in [2.45, 2.75) is 45.8 Å². The van der Waals surface area contributed by atoms with E-state index in [1.54, 1.807) is 16.7 Å². The molecule has 0 radical (unpaired) electrons. The van der Waals surface area contributed by atoms with E-state index in [1.165, 1.54) is 13.1 Å². The smallest absolute Gasteiger partial charge is 0.357 e. The number of hydrogen-bond donors (Lipinski definition) is 0. The zero-order valence-electron chi connectivity index (χ0n) is 14.7. The highest BCUT2D eigenvalue weighted by Crippen LogP contribution is 2.17. The van der Waals surface area contributed by atoms with Crippen LogP contribution in [0.4, 0.5) is 0 Å². The molecular formula is C17H24N4O4. The monoisotopic (exact) mass is 348 g/mol. The van der Waals surface area contributed by atoms with Crippen molar-refractivity contribution in [3.8, 4) is 0 Å². The number of imidazole rings is 1. The zero-order valence-corrected chi connectivity index (χ0v) is 14.7. The molecule has 25 heavy (non-hydrogen) atoms. The van der Waals surface area contributed by atoms with Crippen LogP contribution in [-0.2, 0) is 27.3 Å². The van der Waals surface area contributed by atoms with Gasteiger partial charge in [-0.15, -0.1) is 0 Å². The maximum atomic E-state index is 12.5. The Morgan fingerprint density at radius 1 is 1.08 bits per heavy atom. The Kier molecular flexibility index (Phi) is 5.06. The molecule has 1 atom stereocenters. The number of piperazine rings is 1. The molecule has 1 fully saturated rings. The molecule has 1 unspecified atom stereocenters. The van der Waals surface area contributed by atoms with Crippen molar-refractivity contribution >= 4 is 17.8 Å². The van der Waals surface area contributed by atoms with Crippen LogP contribution in [0.15, 0.2) is 6.20 Å². The van der Waals surface area contributed by atoms with Crippen LogP contribution >= 0.6 is 0 Å². The van der Waals surface area contributed by atoms with E-state index in [-0.39, 0.29) is 11.8 Å². The van der Waals surface area contributed by atoms with Crippen LogP contribution in [0.1, 0.15) is 43.0 Å². The number of rotatable bonds is 3. The number of esters is 1. The summed E-state index contributed by atoms with van der Waals surface area (Å²) in [7, 11) is 0. The largest absolute Gasteiger partial charge is 0.448 e. The summed E-state index contributed by atoms with van der Waals surface area (Å²) in [6.45, 7) is 5.81. The molecule has 136 valence electrons. The highest BCUT2D eigenvalue weighted by Gasteiger charge is 2.29. The van der Waals surface area contributed by atoms with Crippen LogP contribution in [0, 0.1) is 0 Å². The molecule has 1 aromatic heterocycles. The Balaban J connectivity index is 1.57. The molecule has 2 aliphatic heterocycles. The maximum Gasteiger partial charge on any atom is 0.357 e. The van der Waals surface area contributed by atoms with Crippen LogP contribution in [0.2, 0.25) is 0 Å². The van der Waals surface area contributed by atoms with E-state index < -0.39 is 12.1 Å². The molecule has 8 nitrogen and oxygen atoms in total. The topological polar surface area (TPSA) is 84.7 Å². The first-order valence-electron chi connectivity index (χ1n) is 8.77. The van der Waals surface area contributed by atoms with E-state index in [0.717, 1.165) is 31.6 Å². The van der Waals surface area contributed by atoms with Gasteiger partial charge in [0, 0.05) is 46.1 Å². The SMILES string of the molecule is CC(=O)N1CCN(C(=O)C(C)OC(=O)c2cnc3n2CCCC3)CC1. The first-order valence-corrected chi connectivity index (χ1v) is 8.77. The molecule has 1 saturated heterocycles. The van der Waals surface area contributed by atoms with Crippen LogP contribution in [0.5, 0.6) is 0 Å². The Bertz CT molecular complexity index is 676. The lowest BCUT2D eigenvalue weighted by atomic mass is 10.1. The molecule has 0 N–H and O–H groups in total. The van der Waals surface area contributed by atoms with Crippen molar-refractivity contribution in [3.63, 3.8) is 0 Å². The second kappa shape index (κ2) is 7.25. The third kappa shape index (κ3) is 3.67. The number of amides is 2. The van der Waals surface area contributed by atoms with E-state index in [2.05, 4.69) is 4.98 Å². The van der Waals surface area contributed by atoms with Crippen molar-refractivity contribution in [1.29, 1.82) is 0 Å². The predicted molar refractivity (Wildman–Crippen MR) is 88.9 cm³/mol. The number of carbonyl (C=O) groups is 3. The van der Waals surface area contributed by atoms with Gasteiger partial charge in [-0.05, 0) is 19.8 Å². The molecule has 2 aliphatic rings. The third-order valence-corrected chi connectivity index (χ3v) is 4.85. The summed E-state index contributed by atoms with van der Waals surface area (Å²) < 4.78 is 7.26. The minimum Gasteiger partial charge on any atom is -0.448 e. The van der Waals surface area contributed by atoms with E-state index in [9.17, 15) is 14.4 Å². The zero-order chi connectivity index (χ0) is 18.0. The molecule has 3 heterocycles. The van der Waals surface area contributed by atoms with Crippen molar-refractivity contribution < 1.29 is 19.1 Å². The molecule has 8 heteroatoms. The van der Waals surface area contributed by atoms with Crippen molar-refractivity contribution in [3.05, 3.63) is 17.7 Å². The highest BCUT2D eigenvalue weighted by molar-refractivity contribution is 5.91. The number of aromatic nitrogens is 2. The second-order valence-corrected chi connectivity index (χ2v) is 6.55. The highest BCUT2D eigenvalue weighted by atomic mass is 16.5. The average molecular weight is 348 g/mol. The summed E-state index contributed by atoms with van der Waals surface area (Å²) >= 11 is 0. The van der Waals surface area contributed by atoms with E-state index in [1.807, 2.05) is 4.57 Å². The fraction of sp³-hybridized carbons (Fsp3) is 0.647. The van der Waals surface area contributed by atoms with Gasteiger partial charge in [0.2, 0.25) is 5.91 Å². The van der Waals surface area contributed by atoms with Gasteiger partial charge in [0.05, 0.1) is 6.20 Å². The van der Waals surface area contributed by atoms with Gasteiger partial charge in [0.1, 0.15) is 11.5 Å². The standard InChI is InChI=1S/C17H24N4O4/c1-12(16(23)20-9-7-19(8-10-20)13(2)22)25-17(24)14-11-18-15-5-3-4-6-21(14)15/h11-12H,3-10H2,1-2H3. The number of ether oxygens (including phenoxy) is 1. The van der Waals surface area contributed by atoms with Crippen LogP contribution in [0.3, 0.4) is 0 Å². The Hall–Kier alpha value is -2.38. The third-order valence-electron chi connectivity index (χ3n) is 4.85. The van der Waals surface area contributed by atoms with E-state index >= 15 is 0 Å². The van der Waals surface area contributed by atoms with E-state index in [4.69, 9.17) is 4.74 Å². The van der Waals surface area contributed by atoms with Crippen LogP contribution in [0.25, 0.3) is 0 Å². The first-order chi connectivity index (χ1) is 12.0. The number of aryl methyl sites for hydroxylation is 1. The maximum absolute atomic E-state index is 12.5. The number of fused-ring (bicyclic) bond motifs is 1. The molecule has 3 rings (SSSR count). The molecular weight excluding hydrogens is 324 g/mol. The molecule has 0 aromatic carbocycles. The van der Waals surface area contributed by atoms with Gasteiger partial charge in [-0.1, -0.05) is 0 Å². The molecule has 2 amide bonds. The predicted octanol–water partition coefficient (Wildman–Crippen LogP) is 0.455. The summed E-state index contributed by atoms with van der Waals surface area (Å²) in [5.41, 5.74) is 0.413. The fourth-order valence-electron chi connectivity index (χ4n) is 3.35. The summed E-state index contributed by atoms with van der Waals surface area (Å²) in [4.78, 5) is 43.9. The normalized spacial score (nSPS) is 18.5. The minimum absolute atomic E-state index is 0.0112. The van der Waals surface area contributed by atoms with Gasteiger partial charge < -0.3 is 19.1 Å². The van der Waals surface area contributed by atoms with Gasteiger partial charge in [-0.3, -0.25) is 9.59 Å². The molecule has 0 aliphatic carbocycles. The lowest BCUT2D eigenvalue weighted by Gasteiger charge is -2.35. The minimum atomic E-state index is -0.855. The lowest BCUT2D eigenvalue weighted by Crippen LogP contribution is -2.52. The Morgan fingerprint density at radius 3 is 2.44 bits per heavy atom. The number of carbonyl (C=O) groups excluding carboxylic acids is 3. The number of hydrogen-bond acceptors (Lipinski definition) is 5. The summed E-state index contributed by atoms with van der Waals surface area (Å²) in [5.74, 6) is 0.174. The summed E-state index contributed by atoms with van der Waals surface area (Å²) in [6.07, 6.45) is 3.63. The molecule has 0 saturated carbocycles. The van der Waals surface area contributed by atoms with Crippen molar-refractivity contribution in [2.75, 3.05) is 26.2 Å². The van der Waals surface area contributed by atoms with Crippen LogP contribution in [-0.4, -0.2) is 69.4 Å². The van der Waals surface area contributed by atoms with Gasteiger partial charge in [-0.25, -0.2) is 9.78 Å². The Morgan fingerprint density at radius 2 is 1.76 bits per heavy atom.